The first-order valence-electron chi connectivity index (χ1n) is 9.33. The van der Waals surface area contributed by atoms with Crippen LogP contribution in [-0.2, 0) is 11.3 Å². The molecule has 0 bridgehead atoms. The van der Waals surface area contributed by atoms with E-state index in [1.165, 1.54) is 35.4 Å². The number of aliphatic imine (C=N–C) groups is 1. The summed E-state index contributed by atoms with van der Waals surface area (Å²) in [5.74, 6) is 0.936. The fourth-order valence-electron chi connectivity index (χ4n) is 3.41. The molecule has 0 aromatic carbocycles. The van der Waals surface area contributed by atoms with Crippen molar-refractivity contribution in [3.05, 3.63) is 21.9 Å². The van der Waals surface area contributed by atoms with Gasteiger partial charge < -0.3 is 15.4 Å². The lowest BCUT2D eigenvalue weighted by atomic mass is 9.83. The molecule has 1 aliphatic rings. The Labute approximate surface area is 151 Å². The Morgan fingerprint density at radius 3 is 2.67 bits per heavy atom. The summed E-state index contributed by atoms with van der Waals surface area (Å²) in [6.07, 6.45) is 6.44. The summed E-state index contributed by atoms with van der Waals surface area (Å²) >= 11 is 1.82. The quantitative estimate of drug-likeness (QED) is 0.400. The van der Waals surface area contributed by atoms with Crippen molar-refractivity contribution < 1.29 is 4.74 Å². The van der Waals surface area contributed by atoms with E-state index in [-0.39, 0.29) is 0 Å². The largest absolute Gasteiger partial charge is 0.382 e. The SMILES string of the molecule is CCNC(=NCc1ccc(C)s1)NCC1(CCOCC)CCCC1. The van der Waals surface area contributed by atoms with Crippen molar-refractivity contribution in [3.63, 3.8) is 0 Å². The monoisotopic (exact) mass is 351 g/mol. The van der Waals surface area contributed by atoms with E-state index in [0.29, 0.717) is 5.41 Å². The summed E-state index contributed by atoms with van der Waals surface area (Å²) in [6, 6.07) is 4.34. The van der Waals surface area contributed by atoms with Gasteiger partial charge in [0, 0.05) is 36.1 Å². The van der Waals surface area contributed by atoms with Gasteiger partial charge in [0.15, 0.2) is 5.96 Å². The van der Waals surface area contributed by atoms with Gasteiger partial charge in [0.2, 0.25) is 0 Å². The Hall–Kier alpha value is -1.07. The molecule has 0 atom stereocenters. The summed E-state index contributed by atoms with van der Waals surface area (Å²) in [4.78, 5) is 7.42. The predicted molar refractivity (Wildman–Crippen MR) is 104 cm³/mol. The van der Waals surface area contributed by atoms with E-state index in [4.69, 9.17) is 9.73 Å². The van der Waals surface area contributed by atoms with Gasteiger partial charge >= 0.3 is 0 Å². The Morgan fingerprint density at radius 2 is 2.04 bits per heavy atom. The van der Waals surface area contributed by atoms with Crippen molar-refractivity contribution in [1.82, 2.24) is 10.6 Å². The van der Waals surface area contributed by atoms with Crippen LogP contribution in [0.3, 0.4) is 0 Å². The average molecular weight is 352 g/mol. The second-order valence-electron chi connectivity index (χ2n) is 6.72. The van der Waals surface area contributed by atoms with Crippen LogP contribution in [0.25, 0.3) is 0 Å². The number of hydrogen-bond donors (Lipinski definition) is 2. The van der Waals surface area contributed by atoms with E-state index in [9.17, 15) is 0 Å². The van der Waals surface area contributed by atoms with Crippen LogP contribution in [0.15, 0.2) is 17.1 Å². The molecule has 0 spiro atoms. The minimum Gasteiger partial charge on any atom is -0.382 e. The maximum absolute atomic E-state index is 5.61. The molecule has 5 heteroatoms. The van der Waals surface area contributed by atoms with Gasteiger partial charge in [-0.25, -0.2) is 4.99 Å². The molecular weight excluding hydrogens is 318 g/mol. The van der Waals surface area contributed by atoms with Gasteiger partial charge in [-0.1, -0.05) is 12.8 Å². The molecule has 1 saturated carbocycles. The van der Waals surface area contributed by atoms with Crippen molar-refractivity contribution in [1.29, 1.82) is 0 Å². The molecule has 2 N–H and O–H groups in total. The van der Waals surface area contributed by atoms with Crippen LogP contribution >= 0.6 is 11.3 Å². The summed E-state index contributed by atoms with van der Waals surface area (Å²) in [6.45, 7) is 10.7. The van der Waals surface area contributed by atoms with Crippen molar-refractivity contribution in [2.24, 2.45) is 10.4 Å². The van der Waals surface area contributed by atoms with E-state index in [1.54, 1.807) is 0 Å². The number of thiophene rings is 1. The molecule has 1 fully saturated rings. The van der Waals surface area contributed by atoms with Gasteiger partial charge in [0.25, 0.3) is 0 Å². The van der Waals surface area contributed by atoms with Gasteiger partial charge in [0.1, 0.15) is 0 Å². The molecule has 1 aliphatic carbocycles. The molecule has 24 heavy (non-hydrogen) atoms. The first-order valence-corrected chi connectivity index (χ1v) is 10.1. The highest BCUT2D eigenvalue weighted by atomic mass is 32.1. The maximum atomic E-state index is 5.61. The number of rotatable bonds is 9. The van der Waals surface area contributed by atoms with Crippen molar-refractivity contribution >= 4 is 17.3 Å². The van der Waals surface area contributed by atoms with Gasteiger partial charge in [0.05, 0.1) is 6.54 Å². The topological polar surface area (TPSA) is 45.7 Å². The highest BCUT2D eigenvalue weighted by Gasteiger charge is 2.33. The van der Waals surface area contributed by atoms with E-state index in [2.05, 4.69) is 43.5 Å². The molecular formula is C19H33N3OS. The molecule has 136 valence electrons. The van der Waals surface area contributed by atoms with Gasteiger partial charge in [-0.3, -0.25) is 0 Å². The molecule has 1 aromatic heterocycles. The molecule has 1 heterocycles. The highest BCUT2D eigenvalue weighted by molar-refractivity contribution is 7.11. The van der Waals surface area contributed by atoms with E-state index < -0.39 is 0 Å². The molecule has 0 amide bonds. The molecule has 0 unspecified atom stereocenters. The summed E-state index contributed by atoms with van der Waals surface area (Å²) < 4.78 is 5.61. The highest BCUT2D eigenvalue weighted by Crippen LogP contribution is 2.40. The minimum absolute atomic E-state index is 0.380. The number of nitrogens with one attached hydrogen (secondary N) is 2. The standard InChI is InChI=1S/C19H33N3OS/c1-4-20-18(21-14-17-9-8-16(3)24-17)22-15-19(10-6-7-11-19)12-13-23-5-2/h8-9H,4-7,10-15H2,1-3H3,(H2,20,21,22). The van der Waals surface area contributed by atoms with Crippen LogP contribution in [0, 0.1) is 12.3 Å². The number of aryl methyl sites for hydroxylation is 1. The third-order valence-electron chi connectivity index (χ3n) is 4.81. The third-order valence-corrected chi connectivity index (χ3v) is 5.79. The van der Waals surface area contributed by atoms with Crippen LogP contribution in [0.4, 0.5) is 0 Å². The minimum atomic E-state index is 0.380. The van der Waals surface area contributed by atoms with Crippen LogP contribution in [0.5, 0.6) is 0 Å². The predicted octanol–water partition coefficient (Wildman–Crippen LogP) is 4.10. The molecule has 1 aromatic rings. The van der Waals surface area contributed by atoms with E-state index >= 15 is 0 Å². The zero-order chi connectivity index (χ0) is 17.3. The summed E-state index contributed by atoms with van der Waals surface area (Å²) in [5.41, 5.74) is 0.380. The van der Waals surface area contributed by atoms with Gasteiger partial charge in [-0.05, 0) is 57.6 Å². The average Bonchev–Trinajstić information content (AvgIpc) is 3.20. The van der Waals surface area contributed by atoms with Crippen molar-refractivity contribution in [2.45, 2.75) is 59.4 Å². The smallest absolute Gasteiger partial charge is 0.191 e. The first kappa shape index (κ1) is 19.3. The van der Waals surface area contributed by atoms with Crippen LogP contribution in [0.2, 0.25) is 0 Å². The van der Waals surface area contributed by atoms with Crippen LogP contribution in [-0.4, -0.2) is 32.3 Å². The zero-order valence-electron chi connectivity index (χ0n) is 15.5. The normalized spacial score (nSPS) is 17.2. The van der Waals surface area contributed by atoms with Crippen molar-refractivity contribution in [3.8, 4) is 0 Å². The summed E-state index contributed by atoms with van der Waals surface area (Å²) in [5, 5.41) is 6.98. The number of ether oxygens (including phenoxy) is 1. The Bertz CT molecular complexity index is 506. The lowest BCUT2D eigenvalue weighted by Crippen LogP contribution is -2.43. The second kappa shape index (κ2) is 10.0. The fourth-order valence-corrected chi connectivity index (χ4v) is 4.23. The first-order chi connectivity index (χ1) is 11.7. The lowest BCUT2D eigenvalue weighted by molar-refractivity contribution is 0.105. The number of nitrogens with zero attached hydrogens (tertiary/aromatic N) is 1. The molecule has 0 aliphatic heterocycles. The second-order valence-corrected chi connectivity index (χ2v) is 8.09. The fraction of sp³-hybridized carbons (Fsp3) is 0.737. The van der Waals surface area contributed by atoms with E-state index in [1.807, 2.05) is 11.3 Å². The zero-order valence-corrected chi connectivity index (χ0v) is 16.3. The molecule has 2 rings (SSSR count). The molecule has 0 radical (unpaired) electrons. The lowest BCUT2D eigenvalue weighted by Gasteiger charge is -2.30. The van der Waals surface area contributed by atoms with E-state index in [0.717, 1.165) is 45.2 Å². The van der Waals surface area contributed by atoms with Gasteiger partial charge in [-0.15, -0.1) is 11.3 Å². The number of hydrogen-bond acceptors (Lipinski definition) is 3. The molecule has 0 saturated heterocycles. The van der Waals surface area contributed by atoms with Crippen LogP contribution < -0.4 is 10.6 Å². The van der Waals surface area contributed by atoms with Crippen molar-refractivity contribution in [2.75, 3.05) is 26.3 Å². The maximum Gasteiger partial charge on any atom is 0.191 e. The van der Waals surface area contributed by atoms with Crippen LogP contribution in [0.1, 0.15) is 55.7 Å². The Balaban J connectivity index is 1.90. The Morgan fingerprint density at radius 1 is 1.25 bits per heavy atom. The number of guanidine groups is 1. The third kappa shape index (κ3) is 6.10. The Kier molecular flexibility index (Phi) is 8.06. The summed E-state index contributed by atoms with van der Waals surface area (Å²) in [7, 11) is 0. The molecule has 4 nitrogen and oxygen atoms in total. The van der Waals surface area contributed by atoms with Gasteiger partial charge in [-0.2, -0.15) is 0 Å².